The summed E-state index contributed by atoms with van der Waals surface area (Å²) >= 11 is 0. The first-order chi connectivity index (χ1) is 7.12. The van der Waals surface area contributed by atoms with E-state index in [0.29, 0.717) is 25.7 Å². The molecule has 82 valence electrons. The highest BCUT2D eigenvalue weighted by Gasteiger charge is 2.37. The third-order valence-electron chi connectivity index (χ3n) is 3.20. The van der Waals surface area contributed by atoms with Crippen molar-refractivity contribution in [3.05, 3.63) is 18.0 Å². The largest absolute Gasteiger partial charge is 0.481 e. The summed E-state index contributed by atoms with van der Waals surface area (Å²) in [4.78, 5) is 10.8. The van der Waals surface area contributed by atoms with E-state index in [1.54, 1.807) is 12.4 Å². The zero-order chi connectivity index (χ0) is 10.9. The molecule has 0 bridgehead atoms. The molecule has 0 unspecified atom stereocenters. The van der Waals surface area contributed by atoms with Crippen LogP contribution in [0.1, 0.15) is 31.2 Å². The Morgan fingerprint density at radius 1 is 1.53 bits per heavy atom. The molecule has 1 aromatic rings. The number of carboxylic acids is 1. The van der Waals surface area contributed by atoms with Crippen LogP contribution in [-0.2, 0) is 10.4 Å². The van der Waals surface area contributed by atoms with Crippen LogP contribution in [0.15, 0.2) is 12.4 Å². The maximum Gasteiger partial charge on any atom is 0.306 e. The molecule has 1 heterocycles. The van der Waals surface area contributed by atoms with Crippen molar-refractivity contribution < 1.29 is 15.0 Å². The zero-order valence-electron chi connectivity index (χ0n) is 8.31. The van der Waals surface area contributed by atoms with E-state index in [1.165, 1.54) is 0 Å². The van der Waals surface area contributed by atoms with Crippen molar-refractivity contribution >= 4 is 5.97 Å². The Morgan fingerprint density at radius 2 is 2.20 bits per heavy atom. The highest BCUT2D eigenvalue weighted by molar-refractivity contribution is 5.70. The molecule has 1 aliphatic carbocycles. The van der Waals surface area contributed by atoms with Crippen LogP contribution in [-0.4, -0.2) is 26.4 Å². The van der Waals surface area contributed by atoms with Crippen molar-refractivity contribution in [2.45, 2.75) is 31.3 Å². The van der Waals surface area contributed by atoms with Crippen LogP contribution in [0.2, 0.25) is 0 Å². The van der Waals surface area contributed by atoms with Crippen LogP contribution >= 0.6 is 0 Å². The maximum atomic E-state index is 10.8. The number of nitrogens with zero attached hydrogens (tertiary/aromatic N) is 1. The fraction of sp³-hybridized carbons (Fsp3) is 0.600. The molecule has 1 aromatic heterocycles. The Hall–Kier alpha value is -1.36. The molecule has 1 fully saturated rings. The second-order valence-electron chi connectivity index (χ2n) is 4.13. The van der Waals surface area contributed by atoms with Crippen molar-refractivity contribution in [3.63, 3.8) is 0 Å². The highest BCUT2D eigenvalue weighted by atomic mass is 16.4. The van der Waals surface area contributed by atoms with Crippen molar-refractivity contribution in [1.29, 1.82) is 0 Å². The monoisotopic (exact) mass is 210 g/mol. The van der Waals surface area contributed by atoms with Crippen LogP contribution in [0, 0.1) is 5.92 Å². The van der Waals surface area contributed by atoms with Crippen LogP contribution < -0.4 is 0 Å². The van der Waals surface area contributed by atoms with E-state index in [1.807, 2.05) is 0 Å². The minimum atomic E-state index is -0.890. The molecular weight excluding hydrogens is 196 g/mol. The molecule has 1 aliphatic rings. The predicted molar refractivity (Wildman–Crippen MR) is 52.1 cm³/mol. The number of hydrogen-bond acceptors (Lipinski definition) is 3. The van der Waals surface area contributed by atoms with Gasteiger partial charge in [-0.3, -0.25) is 9.89 Å². The summed E-state index contributed by atoms with van der Waals surface area (Å²) in [6.45, 7) is 0. The number of carbonyl (C=O) groups is 1. The van der Waals surface area contributed by atoms with Gasteiger partial charge in [-0.2, -0.15) is 5.10 Å². The molecule has 5 heteroatoms. The number of aliphatic hydroxyl groups is 1. The third kappa shape index (κ3) is 1.87. The number of rotatable bonds is 2. The van der Waals surface area contributed by atoms with E-state index in [0.717, 1.165) is 5.56 Å². The Morgan fingerprint density at radius 3 is 2.67 bits per heavy atom. The average molecular weight is 210 g/mol. The van der Waals surface area contributed by atoms with Crippen molar-refractivity contribution in [2.24, 2.45) is 5.92 Å². The molecule has 0 radical (unpaired) electrons. The Bertz CT molecular complexity index is 340. The first-order valence-electron chi connectivity index (χ1n) is 5.06. The van der Waals surface area contributed by atoms with Gasteiger partial charge in [-0.25, -0.2) is 0 Å². The second kappa shape index (κ2) is 3.66. The van der Waals surface area contributed by atoms with Gasteiger partial charge < -0.3 is 10.2 Å². The van der Waals surface area contributed by atoms with Gasteiger partial charge in [-0.1, -0.05) is 0 Å². The van der Waals surface area contributed by atoms with Crippen LogP contribution in [0.3, 0.4) is 0 Å². The molecule has 15 heavy (non-hydrogen) atoms. The van der Waals surface area contributed by atoms with Crippen LogP contribution in [0.5, 0.6) is 0 Å². The highest BCUT2D eigenvalue weighted by Crippen LogP contribution is 2.38. The molecule has 0 aromatic carbocycles. The summed E-state index contributed by atoms with van der Waals surface area (Å²) in [5.41, 5.74) is -0.134. The Kier molecular flexibility index (Phi) is 2.48. The van der Waals surface area contributed by atoms with Crippen LogP contribution in [0.4, 0.5) is 0 Å². The predicted octanol–water partition coefficient (Wildman–Crippen LogP) is 0.872. The third-order valence-corrected chi connectivity index (χ3v) is 3.20. The average Bonchev–Trinajstić information content (AvgIpc) is 2.71. The minimum Gasteiger partial charge on any atom is -0.481 e. The number of aliphatic carboxylic acids is 1. The lowest BCUT2D eigenvalue weighted by atomic mass is 9.76. The standard InChI is InChI=1S/C10H14N2O3/c13-9(14)7-1-3-10(15,4-2-7)8-5-11-12-6-8/h5-7,15H,1-4H2,(H,11,12)(H,13,14). The van der Waals surface area contributed by atoms with Gasteiger partial charge in [0, 0.05) is 11.8 Å². The van der Waals surface area contributed by atoms with Gasteiger partial charge in [0.15, 0.2) is 0 Å². The van der Waals surface area contributed by atoms with Gasteiger partial charge in [0.05, 0.1) is 17.7 Å². The summed E-state index contributed by atoms with van der Waals surface area (Å²) in [7, 11) is 0. The van der Waals surface area contributed by atoms with Gasteiger partial charge in [0.2, 0.25) is 0 Å². The first-order valence-corrected chi connectivity index (χ1v) is 5.06. The van der Waals surface area contributed by atoms with Crippen LogP contribution in [0.25, 0.3) is 0 Å². The van der Waals surface area contributed by atoms with Gasteiger partial charge in [-0.05, 0) is 25.7 Å². The quantitative estimate of drug-likeness (QED) is 0.676. The van der Waals surface area contributed by atoms with E-state index in [9.17, 15) is 9.90 Å². The Balaban J connectivity index is 2.06. The molecule has 0 amide bonds. The minimum absolute atomic E-state index is 0.308. The van der Waals surface area contributed by atoms with Crippen molar-refractivity contribution in [2.75, 3.05) is 0 Å². The lowest BCUT2D eigenvalue weighted by Crippen LogP contribution is -2.33. The molecule has 3 N–H and O–H groups in total. The number of carboxylic acid groups (broad SMARTS) is 1. The first kappa shape index (κ1) is 10.2. The number of H-pyrrole nitrogens is 1. The van der Waals surface area contributed by atoms with E-state index in [2.05, 4.69) is 10.2 Å². The van der Waals surface area contributed by atoms with E-state index in [4.69, 9.17) is 5.11 Å². The molecule has 0 saturated heterocycles. The summed E-state index contributed by atoms with van der Waals surface area (Å²) in [5.74, 6) is -1.07. The maximum absolute atomic E-state index is 10.8. The molecule has 2 rings (SSSR count). The fourth-order valence-electron chi connectivity index (χ4n) is 2.14. The number of aromatic amines is 1. The van der Waals surface area contributed by atoms with Gasteiger partial charge in [0.25, 0.3) is 0 Å². The van der Waals surface area contributed by atoms with E-state index in [-0.39, 0.29) is 5.92 Å². The van der Waals surface area contributed by atoms with E-state index < -0.39 is 11.6 Å². The fourth-order valence-corrected chi connectivity index (χ4v) is 2.14. The summed E-state index contributed by atoms with van der Waals surface area (Å²) in [6, 6.07) is 0. The lowest BCUT2D eigenvalue weighted by Gasteiger charge is -2.33. The molecule has 1 saturated carbocycles. The van der Waals surface area contributed by atoms with Crippen molar-refractivity contribution in [1.82, 2.24) is 10.2 Å². The normalized spacial score (nSPS) is 31.4. The summed E-state index contributed by atoms with van der Waals surface area (Å²) in [6.07, 6.45) is 5.29. The molecule has 5 nitrogen and oxygen atoms in total. The lowest BCUT2D eigenvalue weighted by molar-refractivity contribution is -0.145. The Labute approximate surface area is 87.1 Å². The molecular formula is C10H14N2O3. The number of hydrogen-bond donors (Lipinski definition) is 3. The molecule has 0 spiro atoms. The summed E-state index contributed by atoms with van der Waals surface area (Å²) < 4.78 is 0. The second-order valence-corrected chi connectivity index (χ2v) is 4.13. The SMILES string of the molecule is O=C(O)C1CCC(O)(c2cn[nH]c2)CC1. The topological polar surface area (TPSA) is 86.2 Å². The summed E-state index contributed by atoms with van der Waals surface area (Å²) in [5, 5.41) is 25.6. The number of nitrogens with one attached hydrogen (secondary N) is 1. The van der Waals surface area contributed by atoms with Gasteiger partial charge in [0.1, 0.15) is 0 Å². The van der Waals surface area contributed by atoms with E-state index >= 15 is 0 Å². The molecule has 0 aliphatic heterocycles. The molecule has 0 atom stereocenters. The smallest absolute Gasteiger partial charge is 0.306 e. The number of aromatic nitrogens is 2. The van der Waals surface area contributed by atoms with Gasteiger partial charge in [-0.15, -0.1) is 0 Å². The van der Waals surface area contributed by atoms with Crippen molar-refractivity contribution in [3.8, 4) is 0 Å². The zero-order valence-corrected chi connectivity index (χ0v) is 8.31. The van der Waals surface area contributed by atoms with Gasteiger partial charge >= 0.3 is 5.97 Å².